The highest BCUT2D eigenvalue weighted by molar-refractivity contribution is 6.31. The van der Waals surface area contributed by atoms with Crippen molar-refractivity contribution in [3.63, 3.8) is 0 Å². The van der Waals surface area contributed by atoms with Gasteiger partial charge in [-0.2, -0.15) is 4.98 Å². The van der Waals surface area contributed by atoms with Gasteiger partial charge in [0.15, 0.2) is 0 Å². The highest BCUT2D eigenvalue weighted by Crippen LogP contribution is 2.32. The molecule has 0 aliphatic carbocycles. The largest absolute Gasteiger partial charge is 0.374 e. The molecule has 2 aliphatic heterocycles. The van der Waals surface area contributed by atoms with E-state index in [2.05, 4.69) is 102 Å². The number of para-hydroxylation sites is 1. The average molecular weight is 716 g/mol. The van der Waals surface area contributed by atoms with Gasteiger partial charge in [0.25, 0.3) is 0 Å². The van der Waals surface area contributed by atoms with E-state index in [0.29, 0.717) is 5.02 Å². The van der Waals surface area contributed by atoms with Crippen molar-refractivity contribution in [2.24, 2.45) is 0 Å². The van der Waals surface area contributed by atoms with Crippen molar-refractivity contribution < 1.29 is 0 Å². The van der Waals surface area contributed by atoms with Gasteiger partial charge in [0, 0.05) is 98.1 Å². The lowest BCUT2D eigenvalue weighted by atomic mass is 9.97. The number of hydrogen-bond donors (Lipinski definition) is 1. The minimum atomic E-state index is -0.0772. The van der Waals surface area contributed by atoms with Gasteiger partial charge in [-0.15, -0.1) is 0 Å². The standard InChI is InChI=1S/C41H40Cl2N8/c42-33-12-10-32(11-13-33)40(46-37-16-18-44-38-28-34(43)14-15-36(37)38)31-8-6-30(7-9-31)29-48-20-22-50(23-21-48)39-17-19-45-41(47-39)51-26-24-49(25-27-51)35-4-2-1-3-5-35/h1-19,28,40H,20-27,29H2,(H,44,46). The second kappa shape index (κ2) is 15.2. The number of anilines is 4. The van der Waals surface area contributed by atoms with Crippen molar-refractivity contribution in [3.8, 4) is 0 Å². The van der Waals surface area contributed by atoms with Crippen LogP contribution >= 0.6 is 23.2 Å². The van der Waals surface area contributed by atoms with Crippen molar-refractivity contribution in [2.75, 3.05) is 72.4 Å². The van der Waals surface area contributed by atoms with Gasteiger partial charge in [0.2, 0.25) is 5.95 Å². The predicted octanol–water partition coefficient (Wildman–Crippen LogP) is 8.18. The number of piperazine rings is 2. The Kier molecular flexibility index (Phi) is 9.88. The number of halogens is 2. The molecule has 1 unspecified atom stereocenters. The Hall–Kier alpha value is -4.89. The molecule has 0 bridgehead atoms. The van der Waals surface area contributed by atoms with Crippen molar-refractivity contribution in [2.45, 2.75) is 12.6 Å². The maximum atomic E-state index is 6.28. The van der Waals surface area contributed by atoms with Crippen molar-refractivity contribution in [1.82, 2.24) is 19.9 Å². The van der Waals surface area contributed by atoms with Crippen LogP contribution in [0.2, 0.25) is 10.0 Å². The van der Waals surface area contributed by atoms with Crippen LogP contribution in [0.4, 0.5) is 23.1 Å². The summed E-state index contributed by atoms with van der Waals surface area (Å²) in [6, 6.07) is 37.5. The fourth-order valence-electron chi connectivity index (χ4n) is 7.10. The van der Waals surface area contributed by atoms with Gasteiger partial charge in [-0.05, 0) is 71.3 Å². The van der Waals surface area contributed by atoms with Gasteiger partial charge in [-0.3, -0.25) is 9.88 Å². The predicted molar refractivity (Wildman–Crippen MR) is 211 cm³/mol. The molecule has 2 aliphatic rings. The van der Waals surface area contributed by atoms with Crippen molar-refractivity contribution >= 4 is 57.2 Å². The lowest BCUT2D eigenvalue weighted by Gasteiger charge is -2.37. The second-order valence-electron chi connectivity index (χ2n) is 13.2. The van der Waals surface area contributed by atoms with E-state index in [1.165, 1.54) is 16.8 Å². The summed E-state index contributed by atoms with van der Waals surface area (Å²) in [5.41, 5.74) is 6.73. The topological polar surface area (TPSA) is 63.7 Å². The van der Waals surface area contributed by atoms with Crippen LogP contribution in [-0.2, 0) is 6.54 Å². The molecule has 2 fully saturated rings. The Morgan fingerprint density at radius 3 is 2.00 bits per heavy atom. The number of fused-ring (bicyclic) bond motifs is 1. The average Bonchev–Trinajstić information content (AvgIpc) is 3.18. The number of nitrogens with zero attached hydrogens (tertiary/aromatic N) is 7. The van der Waals surface area contributed by atoms with Gasteiger partial charge in [0.1, 0.15) is 5.82 Å². The smallest absolute Gasteiger partial charge is 0.227 e. The number of rotatable bonds is 9. The molecule has 258 valence electrons. The van der Waals surface area contributed by atoms with E-state index in [0.717, 1.165) is 97.8 Å². The zero-order valence-electron chi connectivity index (χ0n) is 28.4. The van der Waals surface area contributed by atoms with Crippen LogP contribution in [0.5, 0.6) is 0 Å². The van der Waals surface area contributed by atoms with Crippen LogP contribution in [0.3, 0.4) is 0 Å². The Morgan fingerprint density at radius 2 is 1.25 bits per heavy atom. The van der Waals surface area contributed by atoms with Gasteiger partial charge in [-0.1, -0.05) is 77.8 Å². The van der Waals surface area contributed by atoms with Gasteiger partial charge < -0.3 is 20.0 Å². The lowest BCUT2D eigenvalue weighted by Crippen LogP contribution is -2.48. The Labute approximate surface area is 309 Å². The van der Waals surface area contributed by atoms with E-state index in [1.807, 2.05) is 54.9 Å². The third kappa shape index (κ3) is 7.73. The molecule has 0 spiro atoms. The molecule has 8 nitrogen and oxygen atoms in total. The van der Waals surface area contributed by atoms with Crippen LogP contribution in [0.15, 0.2) is 122 Å². The third-order valence-corrected chi connectivity index (χ3v) is 10.4. The second-order valence-corrected chi connectivity index (χ2v) is 14.1. The molecule has 2 saturated heterocycles. The third-order valence-electron chi connectivity index (χ3n) is 9.94. The Bertz CT molecular complexity index is 2060. The summed E-state index contributed by atoms with van der Waals surface area (Å²) in [5.74, 6) is 1.84. The molecule has 0 amide bonds. The fraction of sp³-hybridized carbons (Fsp3) is 0.244. The van der Waals surface area contributed by atoms with E-state index in [1.54, 1.807) is 0 Å². The first-order chi connectivity index (χ1) is 25.1. The molecule has 6 aromatic rings. The highest BCUT2D eigenvalue weighted by atomic mass is 35.5. The number of aromatic nitrogens is 3. The van der Waals surface area contributed by atoms with E-state index >= 15 is 0 Å². The van der Waals surface area contributed by atoms with E-state index in [9.17, 15) is 0 Å². The van der Waals surface area contributed by atoms with Crippen LogP contribution in [-0.4, -0.2) is 72.2 Å². The molecule has 1 N–H and O–H groups in total. The quantitative estimate of drug-likeness (QED) is 0.161. The lowest BCUT2D eigenvalue weighted by molar-refractivity contribution is 0.249. The van der Waals surface area contributed by atoms with E-state index in [4.69, 9.17) is 28.2 Å². The summed E-state index contributed by atoms with van der Waals surface area (Å²) >= 11 is 12.5. The van der Waals surface area contributed by atoms with E-state index in [-0.39, 0.29) is 6.04 Å². The fourth-order valence-corrected chi connectivity index (χ4v) is 7.39. The summed E-state index contributed by atoms with van der Waals surface area (Å²) in [6.45, 7) is 8.49. The minimum Gasteiger partial charge on any atom is -0.374 e. The molecule has 51 heavy (non-hydrogen) atoms. The summed E-state index contributed by atoms with van der Waals surface area (Å²) in [7, 11) is 0. The normalized spacial score (nSPS) is 16.0. The monoisotopic (exact) mass is 714 g/mol. The number of benzene rings is 4. The van der Waals surface area contributed by atoms with Crippen LogP contribution < -0.4 is 20.0 Å². The number of pyridine rings is 1. The summed E-state index contributed by atoms with van der Waals surface area (Å²) < 4.78 is 0. The first-order valence-corrected chi connectivity index (χ1v) is 18.3. The molecule has 4 heterocycles. The zero-order chi connectivity index (χ0) is 34.6. The maximum Gasteiger partial charge on any atom is 0.227 e. The van der Waals surface area contributed by atoms with Gasteiger partial charge in [0.05, 0.1) is 11.6 Å². The molecule has 0 radical (unpaired) electrons. The van der Waals surface area contributed by atoms with Crippen LogP contribution in [0.1, 0.15) is 22.7 Å². The first kappa shape index (κ1) is 33.3. The first-order valence-electron chi connectivity index (χ1n) is 17.6. The van der Waals surface area contributed by atoms with Gasteiger partial charge >= 0.3 is 0 Å². The molecule has 10 heteroatoms. The number of nitrogens with one attached hydrogen (secondary N) is 1. The summed E-state index contributed by atoms with van der Waals surface area (Å²) in [4.78, 5) is 23.9. The molecule has 2 aromatic heterocycles. The van der Waals surface area contributed by atoms with Crippen molar-refractivity contribution in [3.05, 3.63) is 148 Å². The molecule has 1 atom stereocenters. The van der Waals surface area contributed by atoms with Crippen molar-refractivity contribution in [1.29, 1.82) is 0 Å². The Balaban J connectivity index is 0.899. The molecular formula is C41H40Cl2N8. The summed E-state index contributed by atoms with van der Waals surface area (Å²) in [5, 5.41) is 6.20. The highest BCUT2D eigenvalue weighted by Gasteiger charge is 2.23. The van der Waals surface area contributed by atoms with Crippen LogP contribution in [0, 0.1) is 0 Å². The summed E-state index contributed by atoms with van der Waals surface area (Å²) in [6.07, 6.45) is 3.73. The van der Waals surface area contributed by atoms with Crippen LogP contribution in [0.25, 0.3) is 10.9 Å². The number of hydrogen-bond acceptors (Lipinski definition) is 8. The maximum absolute atomic E-state index is 6.28. The SMILES string of the molecule is Clc1ccc(C(Nc2ccnc3cc(Cl)ccc23)c2ccc(CN3CCN(c4ccnc(N5CCN(c6ccccc6)CC5)n4)CC3)cc2)cc1. The molecular weight excluding hydrogens is 675 g/mol. The Morgan fingerprint density at radius 1 is 0.608 bits per heavy atom. The molecule has 8 rings (SSSR count). The van der Waals surface area contributed by atoms with Gasteiger partial charge in [-0.25, -0.2) is 4.98 Å². The molecule has 4 aromatic carbocycles. The van der Waals surface area contributed by atoms with E-state index < -0.39 is 0 Å². The minimum absolute atomic E-state index is 0.0772. The molecule has 0 saturated carbocycles. The zero-order valence-corrected chi connectivity index (χ0v) is 29.9.